The van der Waals surface area contributed by atoms with Gasteiger partial charge in [-0.3, -0.25) is 0 Å². The van der Waals surface area contributed by atoms with Gasteiger partial charge in [-0.15, -0.1) is 0 Å². The van der Waals surface area contributed by atoms with Crippen molar-refractivity contribution >= 4 is 54.1 Å². The van der Waals surface area contributed by atoms with Crippen LogP contribution in [0.5, 0.6) is 0 Å². The fourth-order valence-electron chi connectivity index (χ4n) is 8.53. The molecule has 0 fully saturated rings. The molecule has 0 amide bonds. The van der Waals surface area contributed by atoms with E-state index in [9.17, 15) is 0 Å². The Kier molecular flexibility index (Phi) is 9.02. The first kappa shape index (κ1) is 35.3. The molecule has 56 heavy (non-hydrogen) atoms. The summed E-state index contributed by atoms with van der Waals surface area (Å²) in [5.41, 5.74) is 13.0. The molecule has 0 aliphatic rings. The molecule has 0 radical (unpaired) electrons. The summed E-state index contributed by atoms with van der Waals surface area (Å²) in [6.07, 6.45) is 5.33. The summed E-state index contributed by atoms with van der Waals surface area (Å²) >= 11 is 0. The van der Waals surface area contributed by atoms with Crippen LogP contribution >= 0.6 is 0 Å². The molecule has 1 nitrogen and oxygen atoms in total. The van der Waals surface area contributed by atoms with E-state index in [-0.39, 0.29) is 5.41 Å². The Morgan fingerprint density at radius 2 is 0.964 bits per heavy atom. The van der Waals surface area contributed by atoms with Gasteiger partial charge in [0.05, 0.1) is 11.0 Å². The molecular formula is C55H47N. The molecule has 0 N–H and O–H groups in total. The number of rotatable bonds is 5. The van der Waals surface area contributed by atoms with Crippen LogP contribution in [-0.2, 0) is 11.8 Å². The van der Waals surface area contributed by atoms with Gasteiger partial charge >= 0.3 is 0 Å². The Morgan fingerprint density at radius 3 is 1.48 bits per heavy atom. The average molecular weight is 722 g/mol. The topological polar surface area (TPSA) is 4.93 Å². The Morgan fingerprint density at radius 1 is 0.482 bits per heavy atom. The van der Waals surface area contributed by atoms with Gasteiger partial charge in [-0.25, -0.2) is 0 Å². The van der Waals surface area contributed by atoms with Gasteiger partial charge in [-0.2, -0.15) is 0 Å². The highest BCUT2D eigenvalue weighted by Gasteiger charge is 2.17. The van der Waals surface area contributed by atoms with Crippen LogP contribution in [0.4, 0.5) is 0 Å². The van der Waals surface area contributed by atoms with Gasteiger partial charge in [-0.05, 0) is 121 Å². The van der Waals surface area contributed by atoms with E-state index in [0.29, 0.717) is 0 Å². The zero-order valence-corrected chi connectivity index (χ0v) is 33.0. The lowest BCUT2D eigenvalue weighted by molar-refractivity contribution is 0.590. The van der Waals surface area contributed by atoms with Gasteiger partial charge in [-0.1, -0.05) is 179 Å². The molecule has 0 saturated carbocycles. The molecule has 10 aromatic rings. The van der Waals surface area contributed by atoms with Crippen molar-refractivity contribution in [1.29, 1.82) is 0 Å². The van der Waals surface area contributed by atoms with E-state index in [2.05, 4.69) is 221 Å². The van der Waals surface area contributed by atoms with Gasteiger partial charge in [0.15, 0.2) is 0 Å². The van der Waals surface area contributed by atoms with Crippen LogP contribution in [0.2, 0.25) is 0 Å². The number of fused-ring (bicyclic) bond motifs is 3. The maximum atomic E-state index is 2.38. The summed E-state index contributed by atoms with van der Waals surface area (Å²) in [4.78, 5) is 0. The Bertz CT molecular complexity index is 2970. The Hall–Kier alpha value is -6.44. The minimum Gasteiger partial charge on any atom is -0.309 e. The number of aryl methyl sites for hydroxylation is 1. The summed E-state index contributed by atoms with van der Waals surface area (Å²) in [6.45, 7) is 11.0. The second-order valence-corrected chi connectivity index (χ2v) is 16.1. The summed E-state index contributed by atoms with van der Waals surface area (Å²) in [5.74, 6) is 0. The molecule has 0 aliphatic carbocycles. The molecule has 0 unspecified atom stereocenters. The largest absolute Gasteiger partial charge is 0.309 e. The SMILES string of the molecule is C/C=C/Cc1ccccc1C.CC(C)(C)c1ccc(-c2ccc3ccc4c(-c5ccc(-n6c7ccccc7c7ccccc76)cc5)ccc5ccc2c3c54)cc1. The summed E-state index contributed by atoms with van der Waals surface area (Å²) in [6, 6.07) is 62.6. The first-order valence-corrected chi connectivity index (χ1v) is 19.9. The number of benzene rings is 9. The zero-order chi connectivity index (χ0) is 38.4. The van der Waals surface area contributed by atoms with Crippen LogP contribution in [0.3, 0.4) is 0 Å². The molecule has 0 aliphatic heterocycles. The molecule has 0 spiro atoms. The van der Waals surface area contributed by atoms with E-state index >= 15 is 0 Å². The second-order valence-electron chi connectivity index (χ2n) is 16.1. The third kappa shape index (κ3) is 6.24. The van der Waals surface area contributed by atoms with E-state index in [4.69, 9.17) is 0 Å². The fourth-order valence-corrected chi connectivity index (χ4v) is 8.53. The van der Waals surface area contributed by atoms with Gasteiger partial charge in [0.2, 0.25) is 0 Å². The van der Waals surface area contributed by atoms with Crippen molar-refractivity contribution in [2.45, 2.75) is 46.5 Å². The van der Waals surface area contributed by atoms with Crippen LogP contribution in [0, 0.1) is 6.92 Å². The van der Waals surface area contributed by atoms with Crippen molar-refractivity contribution < 1.29 is 0 Å². The number of aromatic nitrogens is 1. The van der Waals surface area contributed by atoms with Crippen molar-refractivity contribution in [3.8, 4) is 27.9 Å². The lowest BCUT2D eigenvalue weighted by Crippen LogP contribution is -2.10. The van der Waals surface area contributed by atoms with Crippen molar-refractivity contribution in [3.63, 3.8) is 0 Å². The number of para-hydroxylation sites is 2. The van der Waals surface area contributed by atoms with E-state index in [1.54, 1.807) is 0 Å². The normalized spacial score (nSPS) is 12.0. The standard InChI is InChI=1S/C44H33N.C11H14/c1-44(2,3)32-20-12-28(13-21-32)34-24-16-30-19-27-39-35(25-17-31-18-26-38(34)42(30)43(31)39)29-14-22-33(23-15-29)45-40-10-6-4-8-36(40)37-9-5-7-11-41(37)45;1-3-4-8-11-9-6-5-7-10(11)2/h4-27H,1-3H3;3-7,9H,8H2,1-2H3/b;4-3+. The molecule has 0 bridgehead atoms. The molecule has 9 aromatic carbocycles. The smallest absolute Gasteiger partial charge is 0.0541 e. The predicted octanol–water partition coefficient (Wildman–Crippen LogP) is 15.4. The van der Waals surface area contributed by atoms with Gasteiger partial charge in [0.25, 0.3) is 0 Å². The summed E-state index contributed by atoms with van der Waals surface area (Å²) in [5, 5.41) is 10.5. The van der Waals surface area contributed by atoms with E-state index in [1.165, 1.54) is 98.8 Å². The monoisotopic (exact) mass is 721 g/mol. The maximum absolute atomic E-state index is 2.38. The first-order valence-electron chi connectivity index (χ1n) is 19.9. The van der Waals surface area contributed by atoms with E-state index in [0.717, 1.165) is 6.42 Å². The molecule has 272 valence electrons. The highest BCUT2D eigenvalue weighted by molar-refractivity contribution is 6.27. The number of allylic oxidation sites excluding steroid dienone is 2. The van der Waals surface area contributed by atoms with Crippen LogP contribution in [0.1, 0.15) is 44.4 Å². The second kappa shape index (κ2) is 14.3. The fraction of sp³-hybridized carbons (Fsp3) is 0.127. The molecule has 1 heterocycles. The number of hydrogen-bond acceptors (Lipinski definition) is 0. The molecule has 10 rings (SSSR count). The maximum Gasteiger partial charge on any atom is 0.0541 e. The van der Waals surface area contributed by atoms with Crippen LogP contribution < -0.4 is 0 Å². The average Bonchev–Trinajstić information content (AvgIpc) is 3.57. The highest BCUT2D eigenvalue weighted by atomic mass is 15.0. The third-order valence-electron chi connectivity index (χ3n) is 11.6. The Balaban J connectivity index is 0.000000324. The van der Waals surface area contributed by atoms with Gasteiger partial charge < -0.3 is 4.57 Å². The predicted molar refractivity (Wildman–Crippen MR) is 244 cm³/mol. The number of hydrogen-bond donors (Lipinski definition) is 0. The van der Waals surface area contributed by atoms with Crippen LogP contribution in [0.15, 0.2) is 182 Å². The summed E-state index contributed by atoms with van der Waals surface area (Å²) in [7, 11) is 0. The van der Waals surface area contributed by atoms with Crippen molar-refractivity contribution in [2.75, 3.05) is 0 Å². The molecule has 0 atom stereocenters. The summed E-state index contributed by atoms with van der Waals surface area (Å²) < 4.78 is 2.38. The Labute approximate surface area is 330 Å². The highest BCUT2D eigenvalue weighted by Crippen LogP contribution is 2.43. The van der Waals surface area contributed by atoms with Gasteiger partial charge in [0, 0.05) is 16.5 Å². The number of nitrogens with zero attached hydrogens (tertiary/aromatic N) is 1. The van der Waals surface area contributed by atoms with Gasteiger partial charge in [0.1, 0.15) is 0 Å². The lowest BCUT2D eigenvalue weighted by atomic mass is 9.85. The van der Waals surface area contributed by atoms with Crippen molar-refractivity contribution in [1.82, 2.24) is 4.57 Å². The van der Waals surface area contributed by atoms with Crippen molar-refractivity contribution in [2.24, 2.45) is 0 Å². The minimum absolute atomic E-state index is 0.138. The van der Waals surface area contributed by atoms with E-state index < -0.39 is 0 Å². The molecule has 1 heteroatoms. The molecule has 1 aromatic heterocycles. The lowest BCUT2D eigenvalue weighted by Gasteiger charge is -2.20. The molecule has 0 saturated heterocycles. The van der Waals surface area contributed by atoms with Crippen LogP contribution in [0.25, 0.3) is 82.1 Å². The third-order valence-corrected chi connectivity index (χ3v) is 11.6. The minimum atomic E-state index is 0.138. The molecular weight excluding hydrogens is 675 g/mol. The van der Waals surface area contributed by atoms with E-state index in [1.807, 2.05) is 0 Å². The van der Waals surface area contributed by atoms with Crippen molar-refractivity contribution in [3.05, 3.63) is 199 Å². The van der Waals surface area contributed by atoms with Crippen LogP contribution in [-0.4, -0.2) is 4.57 Å². The first-order chi connectivity index (χ1) is 27.3. The quantitative estimate of drug-likeness (QED) is 0.123. The zero-order valence-electron chi connectivity index (χ0n) is 33.0.